The van der Waals surface area contributed by atoms with Gasteiger partial charge < -0.3 is 16.2 Å². The molecule has 0 aliphatic heterocycles. The molecular weight excluding hydrogens is 204 g/mol. The maximum absolute atomic E-state index is 9.46. The topological polar surface area (TPSA) is 83.5 Å². The van der Waals surface area contributed by atoms with Crippen molar-refractivity contribution < 1.29 is 5.11 Å². The number of aromatic hydroxyl groups is 1. The molecule has 16 heavy (non-hydrogen) atoms. The SMILES string of the molecule is CC(C)(C)NC(N)=NCc1ncccc1O. The van der Waals surface area contributed by atoms with Crippen LogP contribution >= 0.6 is 0 Å². The Morgan fingerprint density at radius 1 is 1.56 bits per heavy atom. The van der Waals surface area contributed by atoms with Crippen LogP contribution in [0, 0.1) is 0 Å². The van der Waals surface area contributed by atoms with Crippen molar-refractivity contribution in [1.29, 1.82) is 0 Å². The van der Waals surface area contributed by atoms with E-state index in [-0.39, 0.29) is 17.8 Å². The second kappa shape index (κ2) is 4.83. The zero-order valence-electron chi connectivity index (χ0n) is 9.86. The van der Waals surface area contributed by atoms with Gasteiger partial charge in [-0.15, -0.1) is 0 Å². The van der Waals surface area contributed by atoms with Crippen LogP contribution in [0.15, 0.2) is 23.3 Å². The summed E-state index contributed by atoms with van der Waals surface area (Å²) in [7, 11) is 0. The van der Waals surface area contributed by atoms with Gasteiger partial charge in [0.2, 0.25) is 0 Å². The van der Waals surface area contributed by atoms with Crippen LogP contribution in [0.2, 0.25) is 0 Å². The standard InChI is InChI=1S/C11H18N4O/c1-11(2,3)15-10(12)14-7-8-9(16)5-4-6-13-8/h4-6,16H,7H2,1-3H3,(H3,12,14,15). The third-order valence-corrected chi connectivity index (χ3v) is 1.77. The smallest absolute Gasteiger partial charge is 0.189 e. The predicted molar refractivity (Wildman–Crippen MR) is 64.1 cm³/mol. The first-order valence-corrected chi connectivity index (χ1v) is 5.09. The highest BCUT2D eigenvalue weighted by molar-refractivity contribution is 5.78. The van der Waals surface area contributed by atoms with Crippen molar-refractivity contribution in [2.24, 2.45) is 10.7 Å². The first kappa shape index (κ1) is 12.3. The molecule has 0 aliphatic carbocycles. The average molecular weight is 222 g/mol. The van der Waals surface area contributed by atoms with E-state index in [0.29, 0.717) is 11.7 Å². The maximum Gasteiger partial charge on any atom is 0.189 e. The van der Waals surface area contributed by atoms with Crippen LogP contribution in [-0.2, 0) is 6.54 Å². The Morgan fingerprint density at radius 2 is 2.25 bits per heavy atom. The van der Waals surface area contributed by atoms with Gasteiger partial charge in [-0.25, -0.2) is 4.99 Å². The van der Waals surface area contributed by atoms with Gasteiger partial charge >= 0.3 is 0 Å². The number of nitrogens with zero attached hydrogens (tertiary/aromatic N) is 2. The highest BCUT2D eigenvalue weighted by Gasteiger charge is 2.09. The third kappa shape index (κ3) is 4.16. The fourth-order valence-electron chi connectivity index (χ4n) is 1.14. The van der Waals surface area contributed by atoms with E-state index in [2.05, 4.69) is 15.3 Å². The summed E-state index contributed by atoms with van der Waals surface area (Å²) in [6, 6.07) is 3.24. The van der Waals surface area contributed by atoms with Crippen LogP contribution in [0.1, 0.15) is 26.5 Å². The highest BCUT2D eigenvalue weighted by atomic mass is 16.3. The molecule has 0 amide bonds. The normalized spacial score (nSPS) is 12.6. The Kier molecular flexibility index (Phi) is 3.71. The van der Waals surface area contributed by atoms with E-state index in [4.69, 9.17) is 5.73 Å². The van der Waals surface area contributed by atoms with Crippen molar-refractivity contribution in [2.45, 2.75) is 32.9 Å². The molecule has 1 aromatic heterocycles. The lowest BCUT2D eigenvalue weighted by atomic mass is 10.1. The first-order valence-electron chi connectivity index (χ1n) is 5.09. The molecule has 1 aromatic rings. The maximum atomic E-state index is 9.46. The minimum Gasteiger partial charge on any atom is -0.506 e. The number of hydrogen-bond donors (Lipinski definition) is 3. The van der Waals surface area contributed by atoms with Crippen LogP contribution in [0.4, 0.5) is 0 Å². The van der Waals surface area contributed by atoms with Gasteiger partial charge in [0, 0.05) is 11.7 Å². The molecule has 5 nitrogen and oxygen atoms in total. The molecule has 0 aromatic carbocycles. The van der Waals surface area contributed by atoms with Crippen molar-refractivity contribution in [2.75, 3.05) is 0 Å². The zero-order valence-corrected chi connectivity index (χ0v) is 9.86. The van der Waals surface area contributed by atoms with E-state index >= 15 is 0 Å². The van der Waals surface area contributed by atoms with Crippen molar-refractivity contribution in [3.8, 4) is 5.75 Å². The lowest BCUT2D eigenvalue weighted by molar-refractivity contribution is 0.464. The summed E-state index contributed by atoms with van der Waals surface area (Å²) in [5.74, 6) is 0.479. The largest absolute Gasteiger partial charge is 0.506 e. The highest BCUT2D eigenvalue weighted by Crippen LogP contribution is 2.13. The molecule has 0 bridgehead atoms. The number of aromatic nitrogens is 1. The van der Waals surface area contributed by atoms with Crippen LogP contribution in [0.5, 0.6) is 5.75 Å². The molecule has 0 spiro atoms. The van der Waals surface area contributed by atoms with E-state index in [1.807, 2.05) is 20.8 Å². The van der Waals surface area contributed by atoms with Gasteiger partial charge in [-0.2, -0.15) is 0 Å². The second-order valence-electron chi connectivity index (χ2n) is 4.55. The summed E-state index contributed by atoms with van der Waals surface area (Å²) in [4.78, 5) is 8.11. The number of nitrogens with two attached hydrogens (primary N) is 1. The number of aliphatic imine (C=N–C) groups is 1. The van der Waals surface area contributed by atoms with Gasteiger partial charge in [-0.1, -0.05) is 0 Å². The van der Waals surface area contributed by atoms with Gasteiger partial charge in [0.1, 0.15) is 11.4 Å². The van der Waals surface area contributed by atoms with Gasteiger partial charge in [-0.3, -0.25) is 4.98 Å². The molecule has 4 N–H and O–H groups in total. The Balaban J connectivity index is 2.63. The van der Waals surface area contributed by atoms with Crippen molar-refractivity contribution in [1.82, 2.24) is 10.3 Å². The molecule has 1 heterocycles. The van der Waals surface area contributed by atoms with Crippen LogP contribution < -0.4 is 11.1 Å². The van der Waals surface area contributed by atoms with Crippen LogP contribution in [0.25, 0.3) is 0 Å². The van der Waals surface area contributed by atoms with Gasteiger partial charge in [-0.05, 0) is 32.9 Å². The first-order chi connectivity index (χ1) is 7.38. The van der Waals surface area contributed by atoms with Crippen molar-refractivity contribution >= 4 is 5.96 Å². The summed E-state index contributed by atoms with van der Waals surface area (Å²) in [6.07, 6.45) is 1.61. The number of nitrogens with one attached hydrogen (secondary N) is 1. The van der Waals surface area contributed by atoms with Crippen molar-refractivity contribution in [3.63, 3.8) is 0 Å². The number of rotatable bonds is 2. The Labute approximate surface area is 95.4 Å². The molecule has 0 saturated carbocycles. The summed E-state index contributed by atoms with van der Waals surface area (Å²) in [5, 5.41) is 12.5. The van der Waals surface area contributed by atoms with Gasteiger partial charge in [0.15, 0.2) is 5.96 Å². The molecule has 0 radical (unpaired) electrons. The van der Waals surface area contributed by atoms with E-state index < -0.39 is 0 Å². The fourth-order valence-corrected chi connectivity index (χ4v) is 1.14. The average Bonchev–Trinajstić information content (AvgIpc) is 2.14. The summed E-state index contributed by atoms with van der Waals surface area (Å²) in [6.45, 7) is 6.25. The fraction of sp³-hybridized carbons (Fsp3) is 0.455. The van der Waals surface area contributed by atoms with Crippen molar-refractivity contribution in [3.05, 3.63) is 24.0 Å². The second-order valence-corrected chi connectivity index (χ2v) is 4.55. The molecule has 0 atom stereocenters. The molecule has 1 rings (SSSR count). The minimum atomic E-state index is -0.125. The Hall–Kier alpha value is -1.78. The quantitative estimate of drug-likeness (QED) is 0.514. The summed E-state index contributed by atoms with van der Waals surface area (Å²) in [5.41, 5.74) is 6.08. The van der Waals surface area contributed by atoms with E-state index in [1.54, 1.807) is 18.3 Å². The monoisotopic (exact) mass is 222 g/mol. The molecule has 0 aliphatic rings. The number of pyridine rings is 1. The Morgan fingerprint density at radius 3 is 2.81 bits per heavy atom. The van der Waals surface area contributed by atoms with E-state index in [9.17, 15) is 5.11 Å². The van der Waals surface area contributed by atoms with E-state index in [1.165, 1.54) is 0 Å². The molecule has 0 fully saturated rings. The van der Waals surface area contributed by atoms with Crippen LogP contribution in [0.3, 0.4) is 0 Å². The lowest BCUT2D eigenvalue weighted by Gasteiger charge is -2.20. The Bertz CT molecular complexity index is 382. The lowest BCUT2D eigenvalue weighted by Crippen LogP contribution is -2.44. The van der Waals surface area contributed by atoms with Gasteiger partial charge in [0.05, 0.1) is 6.54 Å². The van der Waals surface area contributed by atoms with Crippen LogP contribution in [-0.4, -0.2) is 21.6 Å². The predicted octanol–water partition coefficient (Wildman–Crippen LogP) is 0.990. The van der Waals surface area contributed by atoms with Gasteiger partial charge in [0.25, 0.3) is 0 Å². The summed E-state index contributed by atoms with van der Waals surface area (Å²) >= 11 is 0. The third-order valence-electron chi connectivity index (χ3n) is 1.77. The molecule has 5 heteroatoms. The number of guanidine groups is 1. The molecule has 0 unspecified atom stereocenters. The molecular formula is C11H18N4O. The molecule has 88 valence electrons. The summed E-state index contributed by atoms with van der Waals surface area (Å²) < 4.78 is 0. The zero-order chi connectivity index (χ0) is 12.2. The minimum absolute atomic E-state index is 0.125. The molecule has 0 saturated heterocycles. The number of hydrogen-bond acceptors (Lipinski definition) is 3. The van der Waals surface area contributed by atoms with E-state index in [0.717, 1.165) is 0 Å².